The summed E-state index contributed by atoms with van der Waals surface area (Å²) >= 11 is 7.39. The molecular weight excluding hydrogens is 1820 g/mol. The molecule has 17 aromatic rings. The van der Waals surface area contributed by atoms with Crippen LogP contribution in [0.1, 0.15) is 230 Å². The first-order chi connectivity index (χ1) is 65.9. The Hall–Kier alpha value is -12.6. The summed E-state index contributed by atoms with van der Waals surface area (Å²) in [4.78, 5) is 19.7. The molecule has 0 unspecified atom stereocenters. The van der Waals surface area contributed by atoms with Gasteiger partial charge in [-0.2, -0.15) is 0 Å². The molecule has 2 spiro atoms. The monoisotopic (exact) mass is 1940 g/mol. The molecule has 139 heavy (non-hydrogen) atoms. The van der Waals surface area contributed by atoms with Gasteiger partial charge >= 0.3 is 7.12 Å². The highest BCUT2D eigenvalue weighted by molar-refractivity contribution is 9.10. The van der Waals surface area contributed by atoms with Crippen molar-refractivity contribution in [1.29, 1.82) is 0 Å². The van der Waals surface area contributed by atoms with Crippen molar-refractivity contribution in [2.75, 3.05) is 0 Å². The van der Waals surface area contributed by atoms with E-state index >= 15 is 0 Å². The molecule has 22 rings (SSSR count). The summed E-state index contributed by atoms with van der Waals surface area (Å²) in [5.74, 6) is 0. The molecule has 5 aliphatic rings. The van der Waals surface area contributed by atoms with Gasteiger partial charge in [-0.25, -0.2) is 0 Å². The van der Waals surface area contributed by atoms with Crippen LogP contribution in [0.5, 0.6) is 0 Å². The Bertz CT molecular complexity index is 7050. The van der Waals surface area contributed by atoms with Crippen LogP contribution in [0.15, 0.2) is 355 Å². The van der Waals surface area contributed by atoms with Crippen LogP contribution in [0.3, 0.4) is 0 Å². The minimum absolute atomic E-state index is 0.0619. The fourth-order valence-electron chi connectivity index (χ4n) is 21.3. The third kappa shape index (κ3) is 17.1. The molecule has 0 radical (unpaired) electrons. The lowest BCUT2D eigenvalue weighted by Gasteiger charge is -2.32. The van der Waals surface area contributed by atoms with Crippen LogP contribution in [0.25, 0.3) is 134 Å². The molecule has 9 heteroatoms. The molecule has 0 N–H and O–H groups in total. The zero-order chi connectivity index (χ0) is 97.8. The number of hydrogen-bond acceptors (Lipinski definition) is 6. The number of aromatic nitrogens is 4. The zero-order valence-electron chi connectivity index (χ0n) is 84.3. The van der Waals surface area contributed by atoms with E-state index in [0.29, 0.717) is 0 Å². The standard InChI is InChI=1S/C75H70N2.C32H41BO2.C23H12Br2N2/c1-71(2,3)59-27-17-47(18-28-59)53-39-54(48-19-29-60(30-20-48)72(4,5)6)42-57(41-53)51-25-35-63-64-36-26-52(46-68(64)75(67(63)45-51)65-15-13-37-76-69(65)70-66(75)16-14-38-77-70)58-43-55(49-21-31-61(32-22-49)73(7,8)9)40-56(44-58)50-23-33-62(34-24-50)74(10,11)12;1-29(2,3)26-15-11-22(12-16-26)24-19-25(23-13-17-27(18-14-23)30(4,5)6)21-28(20-24)33-34-31(7,8)32(9,10)35-33;24-13-5-7-15-16-8-6-14(25)12-20(16)23(19(15)11-13)17-3-1-9-26-21(17)22-18(23)4-2-10-27-22/h13-46H,1-12H3;11-21H,1-10H3;1-12H. The maximum Gasteiger partial charge on any atom is 0.494 e. The molecule has 692 valence electrons. The Morgan fingerprint density at radius 1 is 0.209 bits per heavy atom. The highest BCUT2D eigenvalue weighted by Gasteiger charge is 2.56. The van der Waals surface area contributed by atoms with Crippen molar-refractivity contribution >= 4 is 44.4 Å². The van der Waals surface area contributed by atoms with Crippen LogP contribution in [-0.2, 0) is 52.6 Å². The van der Waals surface area contributed by atoms with Gasteiger partial charge in [-0.15, -0.1) is 0 Å². The molecule has 0 saturated carbocycles. The van der Waals surface area contributed by atoms with Crippen LogP contribution in [0.4, 0.5) is 0 Å². The Morgan fingerprint density at radius 2 is 0.403 bits per heavy atom. The molecule has 5 heterocycles. The van der Waals surface area contributed by atoms with Crippen LogP contribution >= 0.6 is 31.9 Å². The molecule has 1 fully saturated rings. The van der Waals surface area contributed by atoms with Gasteiger partial charge in [0.1, 0.15) is 0 Å². The van der Waals surface area contributed by atoms with Crippen molar-refractivity contribution in [3.8, 4) is 134 Å². The smallest absolute Gasteiger partial charge is 0.399 e. The maximum absolute atomic E-state index is 6.44. The van der Waals surface area contributed by atoms with E-state index in [0.717, 1.165) is 37.2 Å². The van der Waals surface area contributed by atoms with Gasteiger partial charge in [0, 0.05) is 33.7 Å². The van der Waals surface area contributed by atoms with Crippen molar-refractivity contribution in [2.24, 2.45) is 0 Å². The first-order valence-electron chi connectivity index (χ1n) is 49.1. The van der Waals surface area contributed by atoms with Crippen molar-refractivity contribution < 1.29 is 9.31 Å². The van der Waals surface area contributed by atoms with Crippen molar-refractivity contribution in [2.45, 2.75) is 207 Å². The fourth-order valence-corrected chi connectivity index (χ4v) is 22.0. The van der Waals surface area contributed by atoms with Crippen LogP contribution < -0.4 is 5.46 Å². The van der Waals surface area contributed by atoms with E-state index in [1.165, 1.54) is 189 Å². The van der Waals surface area contributed by atoms with E-state index in [1.807, 2.05) is 36.9 Å². The summed E-state index contributed by atoms with van der Waals surface area (Å²) in [6, 6.07) is 121. The summed E-state index contributed by atoms with van der Waals surface area (Å²) in [7, 11) is -0.401. The van der Waals surface area contributed by atoms with Crippen LogP contribution in [0.2, 0.25) is 0 Å². The van der Waals surface area contributed by atoms with Gasteiger partial charge < -0.3 is 9.31 Å². The number of fused-ring (bicyclic) bond motifs is 20. The van der Waals surface area contributed by atoms with Crippen molar-refractivity contribution in [3.05, 3.63) is 433 Å². The highest BCUT2D eigenvalue weighted by atomic mass is 79.9. The summed E-state index contributed by atoms with van der Waals surface area (Å²) in [6.07, 6.45) is 7.55. The van der Waals surface area contributed by atoms with Gasteiger partial charge in [0.2, 0.25) is 0 Å². The largest absolute Gasteiger partial charge is 0.494 e. The van der Waals surface area contributed by atoms with E-state index in [1.54, 1.807) is 0 Å². The van der Waals surface area contributed by atoms with Gasteiger partial charge in [-0.1, -0.05) is 375 Å². The second-order valence-electron chi connectivity index (χ2n) is 46.0. The molecule has 1 saturated heterocycles. The predicted molar refractivity (Wildman–Crippen MR) is 590 cm³/mol. The normalized spacial score (nSPS) is 14.8. The molecule has 0 bridgehead atoms. The van der Waals surface area contributed by atoms with Gasteiger partial charge in [-0.3, -0.25) is 19.9 Å². The number of nitrogens with zero attached hydrogens (tertiary/aromatic N) is 4. The number of halogens is 2. The quantitative estimate of drug-likeness (QED) is 0.134. The number of rotatable bonds is 9. The average Bonchev–Trinajstić information content (AvgIpc) is 1.51. The molecule has 0 amide bonds. The van der Waals surface area contributed by atoms with Gasteiger partial charge in [-0.05, 0) is 358 Å². The summed E-state index contributed by atoms with van der Waals surface area (Å²) in [6.45, 7) is 49.3. The molecule has 4 aliphatic carbocycles. The average molecular weight is 1940 g/mol. The minimum Gasteiger partial charge on any atom is -0.399 e. The summed E-state index contributed by atoms with van der Waals surface area (Å²) < 4.78 is 15.0. The second-order valence-corrected chi connectivity index (χ2v) is 47.8. The van der Waals surface area contributed by atoms with Gasteiger partial charge in [0.15, 0.2) is 0 Å². The number of benzene rings is 13. The Balaban J connectivity index is 0.000000156. The Kier molecular flexibility index (Phi) is 23.5. The fraction of sp³-hybridized carbons (Fsp3) is 0.246. The molecule has 1 aliphatic heterocycles. The molecule has 13 aromatic carbocycles. The minimum atomic E-state index is -0.665. The molecule has 0 atom stereocenters. The Morgan fingerprint density at radius 3 is 0.626 bits per heavy atom. The topological polar surface area (TPSA) is 70.0 Å². The SMILES string of the molecule is Brc1ccc2c(c1)C1(c3cc(Br)ccc3-2)c2cccnc2-c2ncccc21.CC(C)(C)c1ccc(-c2cc(-c3ccc(C(C)(C)C)cc3)cc(-c3ccc4c(c3)C3(c5cc(-c6cc(-c7ccc(C(C)(C)C)cc7)cc(-c7ccc(C(C)(C)C)cc7)c6)ccc5-4)c4cccnc4-c4ncccc43)c2)cc1.CC(C)(C)c1ccc(-c2cc(B3OC(C)(C)C(C)(C)O3)cc(-c3ccc(C(C)(C)C)cc3)c2)cc1. The number of hydrogen-bond donors (Lipinski definition) is 0. The first-order valence-corrected chi connectivity index (χ1v) is 50.7. The summed E-state index contributed by atoms with van der Waals surface area (Å²) in [5, 5.41) is 0. The predicted octanol–water partition coefficient (Wildman–Crippen LogP) is 34.3. The molecule has 4 aromatic heterocycles. The van der Waals surface area contributed by atoms with E-state index in [2.05, 4.69) is 494 Å². The van der Waals surface area contributed by atoms with E-state index in [-0.39, 0.29) is 49.1 Å². The van der Waals surface area contributed by atoms with E-state index < -0.39 is 12.5 Å². The third-order valence-electron chi connectivity index (χ3n) is 30.0. The maximum atomic E-state index is 6.44. The van der Waals surface area contributed by atoms with E-state index in [4.69, 9.17) is 29.2 Å². The van der Waals surface area contributed by atoms with Crippen LogP contribution in [-0.4, -0.2) is 38.3 Å². The molecular formula is C130H123BBr2N4O2. The van der Waals surface area contributed by atoms with Crippen molar-refractivity contribution in [1.82, 2.24) is 19.9 Å². The second kappa shape index (κ2) is 34.7. The highest BCUT2D eigenvalue weighted by Crippen LogP contribution is 2.65. The van der Waals surface area contributed by atoms with Crippen LogP contribution in [0, 0.1) is 0 Å². The van der Waals surface area contributed by atoms with E-state index in [9.17, 15) is 0 Å². The lowest BCUT2D eigenvalue weighted by atomic mass is 9.70. The third-order valence-corrected chi connectivity index (χ3v) is 31.0. The first kappa shape index (κ1) is 94.0. The van der Waals surface area contributed by atoms with Crippen molar-refractivity contribution in [3.63, 3.8) is 0 Å². The lowest BCUT2D eigenvalue weighted by Crippen LogP contribution is -2.41. The lowest BCUT2D eigenvalue weighted by molar-refractivity contribution is 0.00578. The molecule has 6 nitrogen and oxygen atoms in total. The zero-order valence-corrected chi connectivity index (χ0v) is 87.5. The van der Waals surface area contributed by atoms with Gasteiger partial charge in [0.05, 0.1) is 44.8 Å². The number of pyridine rings is 4. The Labute approximate surface area is 841 Å². The van der Waals surface area contributed by atoms with Gasteiger partial charge in [0.25, 0.3) is 0 Å². The summed E-state index contributed by atoms with van der Waals surface area (Å²) in [5.41, 5.74) is 45.5.